The summed E-state index contributed by atoms with van der Waals surface area (Å²) in [5.41, 5.74) is 5.37. The number of carbonyl (C=O) groups excluding carboxylic acids is 1. The second kappa shape index (κ2) is 6.24. The molecule has 2 aromatic rings. The van der Waals surface area contributed by atoms with Gasteiger partial charge in [0.05, 0.1) is 5.02 Å². The first-order valence-electron chi connectivity index (χ1n) is 7.91. The van der Waals surface area contributed by atoms with E-state index in [2.05, 4.69) is 6.07 Å². The third kappa shape index (κ3) is 2.91. The second-order valence-electron chi connectivity index (χ2n) is 6.33. The van der Waals surface area contributed by atoms with E-state index in [1.165, 1.54) is 34.4 Å². The molecule has 0 saturated heterocycles. The van der Waals surface area contributed by atoms with Gasteiger partial charge in [0.2, 0.25) is 0 Å². The van der Waals surface area contributed by atoms with Crippen LogP contribution in [0.2, 0.25) is 15.1 Å². The molecule has 25 heavy (non-hydrogen) atoms. The van der Waals surface area contributed by atoms with Crippen molar-refractivity contribution in [3.8, 4) is 5.75 Å². The van der Waals surface area contributed by atoms with E-state index < -0.39 is 0 Å². The van der Waals surface area contributed by atoms with E-state index in [4.69, 9.17) is 34.8 Å². The number of amides is 1. The third-order valence-corrected chi connectivity index (χ3v) is 5.81. The molecule has 1 aliphatic heterocycles. The number of fused-ring (bicyclic) bond motifs is 2. The van der Waals surface area contributed by atoms with Crippen LogP contribution in [0.4, 0.5) is 0 Å². The lowest BCUT2D eigenvalue weighted by Gasteiger charge is -2.29. The van der Waals surface area contributed by atoms with Gasteiger partial charge in [0.15, 0.2) is 0 Å². The monoisotopic (exact) mass is 393 g/mol. The van der Waals surface area contributed by atoms with E-state index in [0.717, 1.165) is 17.9 Å². The molecule has 0 spiro atoms. The average Bonchev–Trinajstić information content (AvgIpc) is 2.95. The lowest BCUT2D eigenvalue weighted by atomic mass is 9.98. The number of hydrogen-bond donors (Lipinski definition) is 1. The van der Waals surface area contributed by atoms with Gasteiger partial charge in [0, 0.05) is 23.7 Å². The average molecular weight is 395 g/mol. The first-order chi connectivity index (χ1) is 11.9. The predicted octanol–water partition coefficient (Wildman–Crippen LogP) is 5.21. The number of nitrogens with zero attached hydrogens (tertiary/aromatic N) is 1. The summed E-state index contributed by atoms with van der Waals surface area (Å²) < 4.78 is 0. The molecule has 1 heterocycles. The van der Waals surface area contributed by atoms with Crippen molar-refractivity contribution in [2.45, 2.75) is 12.8 Å². The molecule has 3 nitrogen and oxygen atoms in total. The van der Waals surface area contributed by atoms with Gasteiger partial charge in [-0.1, -0.05) is 40.9 Å². The minimum absolute atomic E-state index is 0.0602. The summed E-state index contributed by atoms with van der Waals surface area (Å²) in [4.78, 5) is 14.6. The highest BCUT2D eigenvalue weighted by Gasteiger charge is 2.30. The molecule has 0 radical (unpaired) electrons. The zero-order chi connectivity index (χ0) is 17.7. The van der Waals surface area contributed by atoms with Crippen molar-refractivity contribution in [3.05, 3.63) is 67.7 Å². The molecule has 0 aromatic heterocycles. The number of hydrogen-bond acceptors (Lipinski definition) is 2. The predicted molar refractivity (Wildman–Crippen MR) is 101 cm³/mol. The summed E-state index contributed by atoms with van der Waals surface area (Å²) in [7, 11) is 0. The zero-order valence-electron chi connectivity index (χ0n) is 13.2. The Balaban J connectivity index is 1.60. The highest BCUT2D eigenvalue weighted by molar-refractivity contribution is 6.43. The Bertz CT molecular complexity index is 913. The van der Waals surface area contributed by atoms with Crippen LogP contribution in [-0.2, 0) is 6.42 Å². The highest BCUT2D eigenvalue weighted by Crippen LogP contribution is 2.40. The van der Waals surface area contributed by atoms with Crippen molar-refractivity contribution in [2.75, 3.05) is 13.1 Å². The molecule has 2 aromatic carbocycles. The van der Waals surface area contributed by atoms with Crippen LogP contribution >= 0.6 is 34.8 Å². The Kier molecular flexibility index (Phi) is 4.19. The lowest BCUT2D eigenvalue weighted by molar-refractivity contribution is 0.0767. The highest BCUT2D eigenvalue weighted by atomic mass is 35.5. The maximum absolute atomic E-state index is 12.8. The minimum atomic E-state index is -0.183. The molecule has 1 amide bonds. The van der Waals surface area contributed by atoms with Crippen LogP contribution in [0.25, 0.3) is 5.57 Å². The standard InChI is InChI=1S/C19H14Cl3NO2/c20-13-2-1-10-5-12-9-23(4-3-14(12)15(10)8-13)19(25)11-6-16(21)18(22)17(24)7-11/h1-2,6-8,24H,3-5,9H2. The molecule has 0 unspecified atom stereocenters. The Morgan fingerprint density at radius 2 is 1.92 bits per heavy atom. The summed E-state index contributed by atoms with van der Waals surface area (Å²) >= 11 is 18.0. The number of phenols is 1. The fourth-order valence-corrected chi connectivity index (χ4v) is 4.08. The van der Waals surface area contributed by atoms with Gasteiger partial charge in [-0.25, -0.2) is 0 Å². The summed E-state index contributed by atoms with van der Waals surface area (Å²) in [6.07, 6.45) is 1.64. The van der Waals surface area contributed by atoms with Gasteiger partial charge >= 0.3 is 0 Å². The van der Waals surface area contributed by atoms with Gasteiger partial charge in [-0.3, -0.25) is 4.79 Å². The van der Waals surface area contributed by atoms with Crippen LogP contribution in [0.1, 0.15) is 27.9 Å². The molecule has 2 aliphatic rings. The van der Waals surface area contributed by atoms with Crippen molar-refractivity contribution in [1.82, 2.24) is 4.90 Å². The summed E-state index contributed by atoms with van der Waals surface area (Å²) in [5.74, 6) is -0.341. The number of phenolic OH excluding ortho intramolecular Hbond substituents is 1. The maximum Gasteiger partial charge on any atom is 0.254 e. The number of carbonyl (C=O) groups is 1. The van der Waals surface area contributed by atoms with Crippen LogP contribution in [0.3, 0.4) is 0 Å². The molecule has 0 saturated carbocycles. The Labute approximate surface area is 160 Å². The zero-order valence-corrected chi connectivity index (χ0v) is 15.4. The Morgan fingerprint density at radius 3 is 2.68 bits per heavy atom. The summed E-state index contributed by atoms with van der Waals surface area (Å²) in [5, 5.41) is 10.8. The van der Waals surface area contributed by atoms with Crippen molar-refractivity contribution < 1.29 is 9.90 Å². The largest absolute Gasteiger partial charge is 0.506 e. The van der Waals surface area contributed by atoms with Crippen LogP contribution in [0, 0.1) is 0 Å². The molecule has 128 valence electrons. The van der Waals surface area contributed by atoms with Gasteiger partial charge in [0.1, 0.15) is 10.8 Å². The normalized spacial score (nSPS) is 16.0. The molecule has 0 bridgehead atoms. The lowest BCUT2D eigenvalue weighted by Crippen LogP contribution is -2.36. The Hall–Kier alpha value is -1.68. The second-order valence-corrected chi connectivity index (χ2v) is 7.55. The van der Waals surface area contributed by atoms with Crippen molar-refractivity contribution in [3.63, 3.8) is 0 Å². The number of benzene rings is 2. The van der Waals surface area contributed by atoms with E-state index >= 15 is 0 Å². The van der Waals surface area contributed by atoms with E-state index in [9.17, 15) is 9.90 Å². The summed E-state index contributed by atoms with van der Waals surface area (Å²) in [6.45, 7) is 1.19. The first kappa shape index (κ1) is 16.8. The summed E-state index contributed by atoms with van der Waals surface area (Å²) in [6, 6.07) is 8.83. The van der Waals surface area contributed by atoms with Gasteiger partial charge in [-0.15, -0.1) is 0 Å². The maximum atomic E-state index is 12.8. The number of aromatic hydroxyl groups is 1. The quantitative estimate of drug-likeness (QED) is 0.721. The smallest absolute Gasteiger partial charge is 0.254 e. The molecule has 0 atom stereocenters. The van der Waals surface area contributed by atoms with E-state index in [0.29, 0.717) is 18.7 Å². The molecule has 6 heteroatoms. The van der Waals surface area contributed by atoms with Gasteiger partial charge in [-0.2, -0.15) is 0 Å². The van der Waals surface area contributed by atoms with Crippen LogP contribution in [0.5, 0.6) is 5.75 Å². The molecule has 4 rings (SSSR count). The molecular formula is C19H14Cl3NO2. The molecule has 1 aliphatic carbocycles. The number of halogens is 3. The van der Waals surface area contributed by atoms with E-state index in [-0.39, 0.29) is 21.7 Å². The third-order valence-electron chi connectivity index (χ3n) is 4.78. The SMILES string of the molecule is O=C(c1cc(O)c(Cl)c(Cl)c1)N1CCC2=C(Cc3ccc(Cl)cc32)C1. The first-order valence-corrected chi connectivity index (χ1v) is 9.04. The van der Waals surface area contributed by atoms with Crippen molar-refractivity contribution in [2.24, 2.45) is 0 Å². The Morgan fingerprint density at radius 1 is 1.12 bits per heavy atom. The molecule has 0 fully saturated rings. The topological polar surface area (TPSA) is 40.5 Å². The van der Waals surface area contributed by atoms with Crippen molar-refractivity contribution >= 4 is 46.3 Å². The minimum Gasteiger partial charge on any atom is -0.506 e. The van der Waals surface area contributed by atoms with Crippen LogP contribution in [0.15, 0.2) is 35.9 Å². The van der Waals surface area contributed by atoms with Crippen molar-refractivity contribution in [1.29, 1.82) is 0 Å². The van der Waals surface area contributed by atoms with Gasteiger partial charge in [-0.05, 0) is 59.4 Å². The van der Waals surface area contributed by atoms with Crippen LogP contribution < -0.4 is 0 Å². The van der Waals surface area contributed by atoms with Crippen LogP contribution in [-0.4, -0.2) is 29.0 Å². The van der Waals surface area contributed by atoms with E-state index in [1.807, 2.05) is 12.1 Å². The van der Waals surface area contributed by atoms with Gasteiger partial charge in [0.25, 0.3) is 5.91 Å². The van der Waals surface area contributed by atoms with E-state index in [1.54, 1.807) is 4.90 Å². The number of rotatable bonds is 1. The molecule has 1 N–H and O–H groups in total. The fourth-order valence-electron chi connectivity index (χ4n) is 3.58. The van der Waals surface area contributed by atoms with Gasteiger partial charge < -0.3 is 10.0 Å². The molecular weight excluding hydrogens is 381 g/mol. The fraction of sp³-hybridized carbons (Fsp3) is 0.211.